The number of carbonyl (C=O) groups excluding carboxylic acids is 1. The number of nitrogens with two attached hydrogens (primary N) is 1. The Morgan fingerprint density at radius 1 is 1.13 bits per heavy atom. The SMILES string of the molecule is CC(C)N(C)c1ccc2c(c1)[nH]c1c(C(N)=O)cc(-c3cccc(C(F)(F)F)c3)nc12. The van der Waals surface area contributed by atoms with Gasteiger partial charge in [-0.2, -0.15) is 13.2 Å². The molecule has 3 N–H and O–H groups in total. The number of hydrogen-bond acceptors (Lipinski definition) is 3. The minimum atomic E-state index is -4.48. The number of rotatable bonds is 4. The fourth-order valence-corrected chi connectivity index (χ4v) is 3.56. The van der Waals surface area contributed by atoms with Crippen LogP contribution in [0.3, 0.4) is 0 Å². The molecule has 0 aliphatic heterocycles. The van der Waals surface area contributed by atoms with E-state index in [0.29, 0.717) is 11.0 Å². The molecule has 0 spiro atoms. The average molecular weight is 426 g/mol. The summed E-state index contributed by atoms with van der Waals surface area (Å²) >= 11 is 0. The second-order valence-corrected chi connectivity index (χ2v) is 7.78. The zero-order valence-corrected chi connectivity index (χ0v) is 17.2. The molecule has 31 heavy (non-hydrogen) atoms. The zero-order chi connectivity index (χ0) is 22.5. The smallest absolute Gasteiger partial charge is 0.372 e. The molecule has 0 saturated heterocycles. The maximum atomic E-state index is 13.2. The molecule has 1 amide bonds. The second kappa shape index (κ2) is 7.30. The van der Waals surface area contributed by atoms with Crippen LogP contribution in [0.15, 0.2) is 48.5 Å². The highest BCUT2D eigenvalue weighted by atomic mass is 19.4. The van der Waals surface area contributed by atoms with Gasteiger partial charge in [-0.1, -0.05) is 12.1 Å². The lowest BCUT2D eigenvalue weighted by Gasteiger charge is -2.23. The van der Waals surface area contributed by atoms with Crippen LogP contribution in [0, 0.1) is 0 Å². The number of aromatic amines is 1. The van der Waals surface area contributed by atoms with Crippen LogP contribution < -0.4 is 10.6 Å². The predicted octanol–water partition coefficient (Wildman–Crippen LogP) is 5.35. The minimum Gasteiger partial charge on any atom is -0.372 e. The Bertz CT molecular complexity index is 1310. The predicted molar refractivity (Wildman–Crippen MR) is 116 cm³/mol. The summed E-state index contributed by atoms with van der Waals surface area (Å²) in [6.45, 7) is 4.15. The maximum absolute atomic E-state index is 13.2. The summed E-state index contributed by atoms with van der Waals surface area (Å²) in [5.41, 5.74) is 8.17. The van der Waals surface area contributed by atoms with Gasteiger partial charge >= 0.3 is 6.18 Å². The van der Waals surface area contributed by atoms with E-state index in [1.807, 2.05) is 25.2 Å². The summed E-state index contributed by atoms with van der Waals surface area (Å²) in [5, 5.41) is 0.757. The fourth-order valence-electron chi connectivity index (χ4n) is 3.56. The largest absolute Gasteiger partial charge is 0.416 e. The summed E-state index contributed by atoms with van der Waals surface area (Å²) in [5.74, 6) is -0.688. The van der Waals surface area contributed by atoms with Crippen LogP contribution in [0.25, 0.3) is 33.2 Å². The Kier molecular flexibility index (Phi) is 4.88. The van der Waals surface area contributed by atoms with Crippen LogP contribution in [0.4, 0.5) is 18.9 Å². The molecule has 0 aliphatic carbocycles. The Hall–Kier alpha value is -3.55. The molecule has 0 radical (unpaired) electrons. The number of fused-ring (bicyclic) bond motifs is 3. The van der Waals surface area contributed by atoms with Gasteiger partial charge in [0, 0.05) is 29.7 Å². The Balaban J connectivity index is 1.95. The first kappa shape index (κ1) is 20.7. The number of anilines is 1. The number of amides is 1. The monoisotopic (exact) mass is 426 g/mol. The van der Waals surface area contributed by atoms with Crippen molar-refractivity contribution in [2.24, 2.45) is 5.73 Å². The molecular weight excluding hydrogens is 405 g/mol. The standard InChI is InChI=1S/C23H21F3N4O/c1-12(2)30(3)15-7-8-16-19(10-15)29-21-17(22(27)31)11-18(28-20(16)21)13-5-4-6-14(9-13)23(24,25)26/h4-12,29H,1-3H3,(H2,27,31). The molecule has 0 unspecified atom stereocenters. The molecule has 2 heterocycles. The van der Waals surface area contributed by atoms with Gasteiger partial charge in [-0.15, -0.1) is 0 Å². The van der Waals surface area contributed by atoms with Crippen molar-refractivity contribution < 1.29 is 18.0 Å². The van der Waals surface area contributed by atoms with Crippen molar-refractivity contribution >= 4 is 33.5 Å². The van der Waals surface area contributed by atoms with Crippen LogP contribution in [0.5, 0.6) is 0 Å². The number of H-pyrrole nitrogens is 1. The van der Waals surface area contributed by atoms with Gasteiger partial charge in [0.15, 0.2) is 0 Å². The van der Waals surface area contributed by atoms with Crippen LogP contribution in [0.2, 0.25) is 0 Å². The second-order valence-electron chi connectivity index (χ2n) is 7.78. The number of nitrogens with one attached hydrogen (secondary N) is 1. The van der Waals surface area contributed by atoms with E-state index in [0.717, 1.165) is 28.7 Å². The van der Waals surface area contributed by atoms with Crippen molar-refractivity contribution in [1.82, 2.24) is 9.97 Å². The lowest BCUT2D eigenvalue weighted by atomic mass is 10.0. The molecule has 8 heteroatoms. The lowest BCUT2D eigenvalue weighted by molar-refractivity contribution is -0.137. The molecule has 4 rings (SSSR count). The van der Waals surface area contributed by atoms with E-state index < -0.39 is 17.6 Å². The Labute approximate surface area is 176 Å². The summed E-state index contributed by atoms with van der Waals surface area (Å²) in [6.07, 6.45) is -4.48. The third-order valence-electron chi connectivity index (χ3n) is 5.47. The maximum Gasteiger partial charge on any atom is 0.416 e. The number of alkyl halides is 3. The molecule has 0 saturated carbocycles. The molecule has 0 atom stereocenters. The number of hydrogen-bond donors (Lipinski definition) is 2. The third-order valence-corrected chi connectivity index (χ3v) is 5.47. The topological polar surface area (TPSA) is 75.0 Å². The van der Waals surface area contributed by atoms with Crippen molar-refractivity contribution in [2.75, 3.05) is 11.9 Å². The van der Waals surface area contributed by atoms with E-state index in [9.17, 15) is 18.0 Å². The highest BCUT2D eigenvalue weighted by molar-refractivity contribution is 6.14. The first-order valence-electron chi connectivity index (χ1n) is 9.73. The Morgan fingerprint density at radius 2 is 1.87 bits per heavy atom. The van der Waals surface area contributed by atoms with Gasteiger partial charge in [-0.3, -0.25) is 4.79 Å². The highest BCUT2D eigenvalue weighted by Crippen LogP contribution is 2.35. The van der Waals surface area contributed by atoms with E-state index in [-0.39, 0.29) is 22.9 Å². The number of aromatic nitrogens is 2. The van der Waals surface area contributed by atoms with Crippen molar-refractivity contribution in [2.45, 2.75) is 26.1 Å². The molecule has 2 aromatic heterocycles. The number of benzene rings is 2. The van der Waals surface area contributed by atoms with Gasteiger partial charge in [0.25, 0.3) is 5.91 Å². The van der Waals surface area contributed by atoms with Gasteiger partial charge in [0.05, 0.1) is 33.4 Å². The molecule has 5 nitrogen and oxygen atoms in total. The first-order valence-corrected chi connectivity index (χ1v) is 9.73. The van der Waals surface area contributed by atoms with Crippen LogP contribution in [-0.4, -0.2) is 29.0 Å². The number of carbonyl (C=O) groups is 1. The summed E-state index contributed by atoms with van der Waals surface area (Å²) < 4.78 is 39.5. The molecule has 0 bridgehead atoms. The molecule has 2 aromatic carbocycles. The van der Waals surface area contributed by atoms with E-state index >= 15 is 0 Å². The van der Waals surface area contributed by atoms with Gasteiger partial charge in [0.2, 0.25) is 0 Å². The summed E-state index contributed by atoms with van der Waals surface area (Å²) in [7, 11) is 1.98. The quantitative estimate of drug-likeness (QED) is 0.462. The van der Waals surface area contributed by atoms with Crippen LogP contribution in [-0.2, 0) is 6.18 Å². The Morgan fingerprint density at radius 3 is 2.52 bits per heavy atom. The molecule has 160 valence electrons. The van der Waals surface area contributed by atoms with Crippen molar-refractivity contribution in [3.05, 3.63) is 59.7 Å². The highest BCUT2D eigenvalue weighted by Gasteiger charge is 2.30. The normalized spacial score (nSPS) is 12.1. The molecular formula is C23H21F3N4O. The number of pyridine rings is 1. The fraction of sp³-hybridized carbons (Fsp3) is 0.217. The van der Waals surface area contributed by atoms with Gasteiger partial charge in [0.1, 0.15) is 0 Å². The first-order chi connectivity index (χ1) is 14.6. The summed E-state index contributed by atoms with van der Waals surface area (Å²) in [6, 6.07) is 12.3. The minimum absolute atomic E-state index is 0.173. The third kappa shape index (κ3) is 3.69. The summed E-state index contributed by atoms with van der Waals surface area (Å²) in [4.78, 5) is 22.0. The number of halogens is 3. The van der Waals surface area contributed by atoms with Crippen LogP contribution >= 0.6 is 0 Å². The van der Waals surface area contributed by atoms with Crippen molar-refractivity contribution in [3.8, 4) is 11.3 Å². The molecule has 0 fully saturated rings. The molecule has 0 aliphatic rings. The van der Waals surface area contributed by atoms with Gasteiger partial charge in [-0.05, 0) is 50.2 Å². The van der Waals surface area contributed by atoms with Crippen molar-refractivity contribution in [1.29, 1.82) is 0 Å². The van der Waals surface area contributed by atoms with E-state index in [2.05, 4.69) is 28.7 Å². The van der Waals surface area contributed by atoms with Gasteiger partial charge < -0.3 is 15.6 Å². The van der Waals surface area contributed by atoms with E-state index in [1.54, 1.807) is 0 Å². The zero-order valence-electron chi connectivity index (χ0n) is 17.2. The van der Waals surface area contributed by atoms with E-state index in [4.69, 9.17) is 5.73 Å². The van der Waals surface area contributed by atoms with Gasteiger partial charge in [-0.25, -0.2) is 4.98 Å². The number of primary amides is 1. The average Bonchev–Trinajstić information content (AvgIpc) is 3.09. The molecule has 4 aromatic rings. The lowest BCUT2D eigenvalue weighted by Crippen LogP contribution is -2.25. The van der Waals surface area contributed by atoms with Crippen molar-refractivity contribution in [3.63, 3.8) is 0 Å². The van der Waals surface area contributed by atoms with E-state index in [1.165, 1.54) is 18.2 Å². The van der Waals surface area contributed by atoms with Crippen LogP contribution in [0.1, 0.15) is 29.8 Å². The number of nitrogens with zero attached hydrogens (tertiary/aromatic N) is 2.